The lowest BCUT2D eigenvalue weighted by molar-refractivity contribution is -0.949. The molecule has 0 N–H and O–H groups in total. The van der Waals surface area contributed by atoms with Crippen molar-refractivity contribution in [2.45, 2.75) is 12.8 Å². The molecule has 0 aliphatic carbocycles. The van der Waals surface area contributed by atoms with Gasteiger partial charge >= 0.3 is 0 Å². The fourth-order valence-electron chi connectivity index (χ4n) is 3.92. The molecular formula is C13H19N4+. The molecule has 0 spiro atoms. The van der Waals surface area contributed by atoms with Gasteiger partial charge in [0.15, 0.2) is 0 Å². The first-order valence-corrected chi connectivity index (χ1v) is 6.61. The van der Waals surface area contributed by atoms with Crippen LogP contribution in [0.3, 0.4) is 0 Å². The summed E-state index contributed by atoms with van der Waals surface area (Å²) in [6.07, 6.45) is 2.58. The Labute approximate surface area is 102 Å². The highest BCUT2D eigenvalue weighted by Gasteiger charge is 2.57. The van der Waals surface area contributed by atoms with Crippen LogP contribution in [0.4, 0.5) is 0 Å². The van der Waals surface area contributed by atoms with E-state index in [1.165, 1.54) is 49.4 Å². The van der Waals surface area contributed by atoms with Gasteiger partial charge in [0.25, 0.3) is 0 Å². The summed E-state index contributed by atoms with van der Waals surface area (Å²) >= 11 is 0. The van der Waals surface area contributed by atoms with Crippen LogP contribution in [0, 0.1) is 0 Å². The maximum atomic E-state index is 4.52. The molecule has 17 heavy (non-hydrogen) atoms. The minimum atomic E-state index is 0.664. The van der Waals surface area contributed by atoms with Gasteiger partial charge in [-0.1, -0.05) is 6.07 Å². The Morgan fingerprint density at radius 3 is 2.53 bits per heavy atom. The van der Waals surface area contributed by atoms with Crippen molar-refractivity contribution in [3.8, 4) is 0 Å². The van der Waals surface area contributed by atoms with Gasteiger partial charge in [0.2, 0.25) is 6.29 Å². The number of nitrogens with zero attached hydrogens (tertiary/aromatic N) is 4. The van der Waals surface area contributed by atoms with Crippen LogP contribution in [0.2, 0.25) is 0 Å². The highest BCUT2D eigenvalue weighted by molar-refractivity contribution is 5.03. The second kappa shape index (κ2) is 3.51. The van der Waals surface area contributed by atoms with E-state index in [1.54, 1.807) is 0 Å². The van der Waals surface area contributed by atoms with E-state index in [0.717, 1.165) is 6.54 Å². The first-order valence-electron chi connectivity index (χ1n) is 6.61. The van der Waals surface area contributed by atoms with Crippen molar-refractivity contribution in [3.05, 3.63) is 30.1 Å². The molecule has 90 valence electrons. The first kappa shape index (κ1) is 10.00. The van der Waals surface area contributed by atoms with Crippen molar-refractivity contribution in [3.63, 3.8) is 0 Å². The molecule has 3 fully saturated rings. The molecule has 0 amide bonds. The van der Waals surface area contributed by atoms with Crippen molar-refractivity contribution in [2.75, 3.05) is 39.3 Å². The molecule has 3 saturated heterocycles. The third-order valence-electron chi connectivity index (χ3n) is 4.69. The monoisotopic (exact) mass is 231 g/mol. The van der Waals surface area contributed by atoms with Crippen LogP contribution in [-0.4, -0.2) is 64.8 Å². The van der Waals surface area contributed by atoms with Crippen LogP contribution in [-0.2, 0) is 6.54 Å². The highest BCUT2D eigenvalue weighted by atomic mass is 15.7. The highest BCUT2D eigenvalue weighted by Crippen LogP contribution is 2.37. The van der Waals surface area contributed by atoms with E-state index in [4.69, 9.17) is 0 Å². The van der Waals surface area contributed by atoms with E-state index < -0.39 is 0 Å². The van der Waals surface area contributed by atoms with Gasteiger partial charge in [0, 0.05) is 19.3 Å². The SMILES string of the molecule is c1ccc(C[N+]23CCN4CCN(CC2)C43)nc1. The van der Waals surface area contributed by atoms with Crippen molar-refractivity contribution >= 4 is 0 Å². The molecule has 0 aromatic carbocycles. The minimum absolute atomic E-state index is 0.664. The van der Waals surface area contributed by atoms with Crippen molar-refractivity contribution in [1.82, 2.24) is 14.8 Å². The molecule has 3 aliphatic heterocycles. The number of hydrogen-bond acceptors (Lipinski definition) is 3. The topological polar surface area (TPSA) is 19.4 Å². The summed E-state index contributed by atoms with van der Waals surface area (Å²) in [5.74, 6) is 0. The first-order chi connectivity index (χ1) is 8.37. The van der Waals surface area contributed by atoms with Crippen molar-refractivity contribution < 1.29 is 4.48 Å². The van der Waals surface area contributed by atoms with Gasteiger partial charge in [0.1, 0.15) is 6.54 Å². The molecule has 0 unspecified atom stereocenters. The Bertz CT molecular complexity index is 403. The van der Waals surface area contributed by atoms with Crippen LogP contribution >= 0.6 is 0 Å². The van der Waals surface area contributed by atoms with E-state index in [-0.39, 0.29) is 0 Å². The number of aromatic nitrogens is 1. The summed E-state index contributed by atoms with van der Waals surface area (Å²) in [5.41, 5.74) is 1.25. The number of quaternary nitrogens is 1. The third kappa shape index (κ3) is 1.38. The van der Waals surface area contributed by atoms with Gasteiger partial charge in [-0.05, 0) is 12.1 Å². The van der Waals surface area contributed by atoms with Crippen LogP contribution in [0.15, 0.2) is 24.4 Å². The molecular weight excluding hydrogens is 212 g/mol. The van der Waals surface area contributed by atoms with Gasteiger partial charge in [0.05, 0.1) is 31.9 Å². The molecule has 1 aromatic heterocycles. The predicted octanol–water partition coefficient (Wildman–Crippen LogP) is 0.327. The standard InChI is InChI=1S/C13H19N4/c1-2-4-14-12(3-1)11-17-9-7-15-5-6-16(8-10-17)13(15)17/h1-4,13H,5-11H2/q+1. The molecule has 0 bridgehead atoms. The van der Waals surface area contributed by atoms with Gasteiger partial charge in [-0.2, -0.15) is 0 Å². The van der Waals surface area contributed by atoms with Gasteiger partial charge in [-0.25, -0.2) is 9.80 Å². The molecule has 3 aliphatic rings. The summed E-state index contributed by atoms with van der Waals surface area (Å²) in [5, 5.41) is 0. The van der Waals surface area contributed by atoms with E-state index in [2.05, 4.69) is 26.9 Å². The van der Waals surface area contributed by atoms with Crippen LogP contribution in [0.5, 0.6) is 0 Å². The molecule has 4 heterocycles. The largest absolute Gasteiger partial charge is 0.288 e. The van der Waals surface area contributed by atoms with Crippen molar-refractivity contribution in [1.29, 1.82) is 0 Å². The molecule has 0 radical (unpaired) electrons. The number of pyridine rings is 1. The normalized spacial score (nSPS) is 36.6. The van der Waals surface area contributed by atoms with Crippen molar-refractivity contribution in [2.24, 2.45) is 0 Å². The summed E-state index contributed by atoms with van der Waals surface area (Å²) in [7, 11) is 0. The lowest BCUT2D eigenvalue weighted by Gasteiger charge is -2.34. The smallest absolute Gasteiger partial charge is 0.206 e. The summed E-state index contributed by atoms with van der Waals surface area (Å²) in [6.45, 7) is 8.80. The van der Waals surface area contributed by atoms with E-state index >= 15 is 0 Å². The van der Waals surface area contributed by atoms with E-state index in [9.17, 15) is 0 Å². The quantitative estimate of drug-likeness (QED) is 0.684. The van der Waals surface area contributed by atoms with Gasteiger partial charge in [-0.3, -0.25) is 9.47 Å². The molecule has 0 atom stereocenters. The van der Waals surface area contributed by atoms with Gasteiger partial charge < -0.3 is 0 Å². The average Bonchev–Trinajstić information content (AvgIpc) is 2.98. The lowest BCUT2D eigenvalue weighted by Crippen LogP contribution is -2.51. The lowest BCUT2D eigenvalue weighted by atomic mass is 10.3. The zero-order valence-electron chi connectivity index (χ0n) is 10.1. The molecule has 4 rings (SSSR count). The zero-order chi connectivity index (χ0) is 11.3. The molecule has 4 heteroatoms. The molecule has 0 saturated carbocycles. The number of rotatable bonds is 2. The average molecular weight is 231 g/mol. The maximum absolute atomic E-state index is 4.52. The van der Waals surface area contributed by atoms with Crippen LogP contribution < -0.4 is 0 Å². The van der Waals surface area contributed by atoms with Crippen LogP contribution in [0.1, 0.15) is 5.69 Å². The fourth-order valence-corrected chi connectivity index (χ4v) is 3.92. The maximum Gasteiger partial charge on any atom is 0.206 e. The minimum Gasteiger partial charge on any atom is -0.288 e. The van der Waals surface area contributed by atoms with Crippen LogP contribution in [0.25, 0.3) is 0 Å². The second-order valence-electron chi connectivity index (χ2n) is 5.56. The van der Waals surface area contributed by atoms with E-state index in [0.29, 0.717) is 6.29 Å². The Kier molecular flexibility index (Phi) is 2.06. The Balaban J connectivity index is 1.64. The summed E-state index contributed by atoms with van der Waals surface area (Å²) < 4.78 is 1.23. The summed E-state index contributed by atoms with van der Waals surface area (Å²) in [6, 6.07) is 6.29. The Hall–Kier alpha value is -0.970. The predicted molar refractivity (Wildman–Crippen MR) is 64.9 cm³/mol. The fraction of sp³-hybridized carbons (Fsp3) is 0.615. The summed E-state index contributed by atoms with van der Waals surface area (Å²) in [4.78, 5) is 9.84. The van der Waals surface area contributed by atoms with E-state index in [1.807, 2.05) is 12.3 Å². The van der Waals surface area contributed by atoms with Gasteiger partial charge in [-0.15, -0.1) is 0 Å². The Morgan fingerprint density at radius 1 is 1.12 bits per heavy atom. The molecule has 4 nitrogen and oxygen atoms in total. The number of hydrogen-bond donors (Lipinski definition) is 0. The Morgan fingerprint density at radius 2 is 1.88 bits per heavy atom. The third-order valence-corrected chi connectivity index (χ3v) is 4.69. The second-order valence-corrected chi connectivity index (χ2v) is 5.56. The zero-order valence-corrected chi connectivity index (χ0v) is 10.1. The molecule has 1 aromatic rings.